The van der Waals surface area contributed by atoms with E-state index in [1.807, 2.05) is 32.0 Å². The highest BCUT2D eigenvalue weighted by molar-refractivity contribution is 6.00. The average Bonchev–Trinajstić information content (AvgIpc) is 3.24. The van der Waals surface area contributed by atoms with Crippen molar-refractivity contribution in [1.29, 1.82) is 0 Å². The fourth-order valence-electron chi connectivity index (χ4n) is 4.41. The monoisotopic (exact) mass is 490 g/mol. The minimum absolute atomic E-state index is 0. The standard InChI is InChI=1S/C27H23FN4O2.ClH/c1-15-9-18(10-16(2)29-15)24-11-21-23(14-32(4)27(34)26(21)30-24)20-12-25(33)31(3)13-22(20)17-5-7-19(28)8-6-17;/h5-14,30H,1-4H3;1H. The van der Waals surface area contributed by atoms with E-state index in [1.54, 1.807) is 44.7 Å². The second-order valence-electron chi connectivity index (χ2n) is 8.63. The van der Waals surface area contributed by atoms with Crippen molar-refractivity contribution >= 4 is 23.3 Å². The summed E-state index contributed by atoms with van der Waals surface area (Å²) in [6.45, 7) is 3.86. The number of aromatic amines is 1. The number of nitrogens with zero attached hydrogens (tertiary/aromatic N) is 3. The van der Waals surface area contributed by atoms with Crippen molar-refractivity contribution in [1.82, 2.24) is 19.1 Å². The van der Waals surface area contributed by atoms with Gasteiger partial charge in [-0.05, 0) is 55.3 Å². The number of fused-ring (bicyclic) bond motifs is 1. The molecule has 0 spiro atoms. The van der Waals surface area contributed by atoms with E-state index in [-0.39, 0.29) is 29.3 Å². The van der Waals surface area contributed by atoms with E-state index in [2.05, 4.69) is 9.97 Å². The molecule has 0 saturated carbocycles. The number of pyridine rings is 3. The molecule has 8 heteroatoms. The Balaban J connectivity index is 0.00000289. The fraction of sp³-hybridized carbons (Fsp3) is 0.148. The average molecular weight is 491 g/mol. The van der Waals surface area contributed by atoms with E-state index in [1.165, 1.54) is 21.3 Å². The molecule has 0 aliphatic heterocycles. The zero-order chi connectivity index (χ0) is 24.1. The predicted octanol–water partition coefficient (Wildman–Crippen LogP) is 5.14. The quantitative estimate of drug-likeness (QED) is 0.380. The van der Waals surface area contributed by atoms with Gasteiger partial charge in [-0.15, -0.1) is 12.4 Å². The predicted molar refractivity (Wildman–Crippen MR) is 140 cm³/mol. The summed E-state index contributed by atoms with van der Waals surface area (Å²) < 4.78 is 16.6. The SMILES string of the molecule is Cc1cc(-c2cc3c(-c4cc(=O)n(C)cc4-c4ccc(F)cc4)cn(C)c(=O)c3[nH]2)cc(C)n1.Cl. The van der Waals surface area contributed by atoms with E-state index in [0.29, 0.717) is 16.5 Å². The minimum Gasteiger partial charge on any atom is -0.350 e. The number of halogens is 2. The van der Waals surface area contributed by atoms with Gasteiger partial charge in [0.2, 0.25) is 0 Å². The Kier molecular flexibility index (Phi) is 6.21. The van der Waals surface area contributed by atoms with Gasteiger partial charge in [-0.3, -0.25) is 14.6 Å². The van der Waals surface area contributed by atoms with Gasteiger partial charge in [-0.25, -0.2) is 4.39 Å². The Bertz CT molecular complexity index is 1680. The molecule has 0 unspecified atom stereocenters. The molecule has 1 aromatic carbocycles. The summed E-state index contributed by atoms with van der Waals surface area (Å²) in [6.07, 6.45) is 3.48. The van der Waals surface area contributed by atoms with E-state index in [9.17, 15) is 14.0 Å². The Morgan fingerprint density at radius 1 is 0.800 bits per heavy atom. The molecule has 0 saturated heterocycles. The Labute approximate surface area is 207 Å². The molecule has 0 aliphatic carbocycles. The number of hydrogen-bond donors (Lipinski definition) is 1. The third-order valence-electron chi connectivity index (χ3n) is 6.03. The summed E-state index contributed by atoms with van der Waals surface area (Å²) in [5.41, 5.74) is 6.52. The summed E-state index contributed by atoms with van der Waals surface area (Å²) in [7, 11) is 3.36. The molecule has 0 radical (unpaired) electrons. The first-order valence-corrected chi connectivity index (χ1v) is 10.9. The van der Waals surface area contributed by atoms with E-state index in [4.69, 9.17) is 0 Å². The topological polar surface area (TPSA) is 72.7 Å². The van der Waals surface area contributed by atoms with Crippen LogP contribution in [0.5, 0.6) is 0 Å². The lowest BCUT2D eigenvalue weighted by Gasteiger charge is -2.14. The molecule has 5 rings (SSSR count). The van der Waals surface area contributed by atoms with E-state index in [0.717, 1.165) is 39.3 Å². The molecule has 4 heterocycles. The van der Waals surface area contributed by atoms with Crippen molar-refractivity contribution in [3.8, 4) is 33.5 Å². The summed E-state index contributed by atoms with van der Waals surface area (Å²) in [4.78, 5) is 33.4. The summed E-state index contributed by atoms with van der Waals surface area (Å²) in [5.74, 6) is -0.335. The maximum Gasteiger partial charge on any atom is 0.274 e. The molecule has 0 bridgehead atoms. The number of aryl methyl sites for hydroxylation is 4. The maximum atomic E-state index is 13.6. The molecule has 0 fully saturated rings. The lowest BCUT2D eigenvalue weighted by atomic mass is 9.95. The van der Waals surface area contributed by atoms with Crippen LogP contribution in [-0.4, -0.2) is 19.1 Å². The van der Waals surface area contributed by atoms with Crippen LogP contribution >= 0.6 is 12.4 Å². The van der Waals surface area contributed by atoms with Crippen molar-refractivity contribution in [3.63, 3.8) is 0 Å². The molecular formula is C27H24ClFN4O2. The first-order chi connectivity index (χ1) is 16.2. The van der Waals surface area contributed by atoms with Crippen LogP contribution in [-0.2, 0) is 14.1 Å². The Morgan fingerprint density at radius 2 is 1.43 bits per heavy atom. The molecule has 1 N–H and O–H groups in total. The third-order valence-corrected chi connectivity index (χ3v) is 6.03. The lowest BCUT2D eigenvalue weighted by molar-refractivity contribution is 0.628. The molecule has 0 aliphatic rings. The van der Waals surface area contributed by atoms with Crippen LogP contribution in [0.25, 0.3) is 44.4 Å². The number of hydrogen-bond acceptors (Lipinski definition) is 3. The van der Waals surface area contributed by atoms with Crippen molar-refractivity contribution in [2.24, 2.45) is 14.1 Å². The molecule has 0 amide bonds. The second kappa shape index (κ2) is 9.00. The van der Waals surface area contributed by atoms with Crippen molar-refractivity contribution in [3.05, 3.63) is 98.8 Å². The zero-order valence-electron chi connectivity index (χ0n) is 19.7. The largest absolute Gasteiger partial charge is 0.350 e. The number of nitrogens with one attached hydrogen (secondary N) is 1. The van der Waals surface area contributed by atoms with Crippen LogP contribution in [0.4, 0.5) is 4.39 Å². The van der Waals surface area contributed by atoms with Crippen LogP contribution in [0.3, 0.4) is 0 Å². The zero-order valence-corrected chi connectivity index (χ0v) is 20.5. The first-order valence-electron chi connectivity index (χ1n) is 10.9. The summed E-state index contributed by atoms with van der Waals surface area (Å²) >= 11 is 0. The van der Waals surface area contributed by atoms with Crippen molar-refractivity contribution in [2.75, 3.05) is 0 Å². The van der Waals surface area contributed by atoms with E-state index < -0.39 is 0 Å². The van der Waals surface area contributed by atoms with Gasteiger partial charge in [-0.2, -0.15) is 0 Å². The van der Waals surface area contributed by atoms with Gasteiger partial charge >= 0.3 is 0 Å². The molecular weight excluding hydrogens is 467 g/mol. The van der Waals surface area contributed by atoms with Crippen LogP contribution in [0.2, 0.25) is 0 Å². The Morgan fingerprint density at radius 3 is 2.09 bits per heavy atom. The lowest BCUT2D eigenvalue weighted by Crippen LogP contribution is -2.18. The Hall–Kier alpha value is -3.97. The van der Waals surface area contributed by atoms with Gasteiger partial charge in [0.15, 0.2) is 0 Å². The number of rotatable bonds is 3. The van der Waals surface area contributed by atoms with Crippen molar-refractivity contribution < 1.29 is 4.39 Å². The summed E-state index contributed by atoms with van der Waals surface area (Å²) in [5, 5.41) is 0.710. The van der Waals surface area contributed by atoms with E-state index >= 15 is 0 Å². The van der Waals surface area contributed by atoms with Crippen LogP contribution in [0, 0.1) is 19.7 Å². The fourth-order valence-corrected chi connectivity index (χ4v) is 4.41. The number of aromatic nitrogens is 4. The highest BCUT2D eigenvalue weighted by atomic mass is 35.5. The molecule has 0 atom stereocenters. The second-order valence-corrected chi connectivity index (χ2v) is 8.63. The molecule has 6 nitrogen and oxygen atoms in total. The first kappa shape index (κ1) is 24.2. The highest BCUT2D eigenvalue weighted by Crippen LogP contribution is 2.36. The van der Waals surface area contributed by atoms with Crippen LogP contribution in [0.15, 0.2) is 70.5 Å². The molecule has 178 valence electrons. The smallest absolute Gasteiger partial charge is 0.274 e. The summed E-state index contributed by atoms with van der Waals surface area (Å²) in [6, 6.07) is 13.6. The number of benzene rings is 1. The number of H-pyrrole nitrogens is 1. The molecule has 35 heavy (non-hydrogen) atoms. The van der Waals surface area contributed by atoms with Gasteiger partial charge in [0.1, 0.15) is 11.3 Å². The van der Waals surface area contributed by atoms with Crippen LogP contribution < -0.4 is 11.1 Å². The maximum absolute atomic E-state index is 13.6. The van der Waals surface area contributed by atoms with Gasteiger partial charge in [0.05, 0.1) is 0 Å². The minimum atomic E-state index is -0.335. The van der Waals surface area contributed by atoms with Gasteiger partial charge in [0, 0.05) is 71.7 Å². The van der Waals surface area contributed by atoms with Gasteiger partial charge in [0.25, 0.3) is 11.1 Å². The molecule has 4 aromatic heterocycles. The van der Waals surface area contributed by atoms with Gasteiger partial charge < -0.3 is 14.1 Å². The van der Waals surface area contributed by atoms with Crippen LogP contribution in [0.1, 0.15) is 11.4 Å². The molecule has 5 aromatic rings. The normalized spacial score (nSPS) is 11.0. The van der Waals surface area contributed by atoms with Gasteiger partial charge in [-0.1, -0.05) is 12.1 Å². The highest BCUT2D eigenvalue weighted by Gasteiger charge is 2.18. The third kappa shape index (κ3) is 4.31. The van der Waals surface area contributed by atoms with Crippen molar-refractivity contribution in [2.45, 2.75) is 13.8 Å².